The Labute approximate surface area is 192 Å². The van der Waals surface area contributed by atoms with Gasteiger partial charge < -0.3 is 10.0 Å². The van der Waals surface area contributed by atoms with Crippen molar-refractivity contribution in [3.8, 4) is 0 Å². The molecule has 33 heavy (non-hydrogen) atoms. The summed E-state index contributed by atoms with van der Waals surface area (Å²) >= 11 is 0. The predicted octanol–water partition coefficient (Wildman–Crippen LogP) is 6.20. The zero-order valence-corrected chi connectivity index (χ0v) is 19.0. The summed E-state index contributed by atoms with van der Waals surface area (Å²) in [6.07, 6.45) is -3.88. The van der Waals surface area contributed by atoms with Crippen LogP contribution < -0.4 is 4.90 Å². The average Bonchev–Trinajstić information content (AvgIpc) is 2.81. The Morgan fingerprint density at radius 2 is 1.52 bits per heavy atom. The van der Waals surface area contributed by atoms with Crippen molar-refractivity contribution >= 4 is 11.6 Å². The van der Waals surface area contributed by atoms with Gasteiger partial charge in [0, 0.05) is 12.2 Å². The first kappa shape index (κ1) is 24.5. The van der Waals surface area contributed by atoms with Crippen LogP contribution in [0.1, 0.15) is 41.2 Å². The molecule has 0 aliphatic carbocycles. The molecule has 0 radical (unpaired) electrons. The maximum absolute atomic E-state index is 13.7. The molecule has 0 heterocycles. The van der Waals surface area contributed by atoms with E-state index in [1.165, 1.54) is 17.0 Å². The highest BCUT2D eigenvalue weighted by atomic mass is 19.4. The van der Waals surface area contributed by atoms with Crippen molar-refractivity contribution in [2.24, 2.45) is 0 Å². The number of hydrogen-bond donors (Lipinski definition) is 1. The minimum atomic E-state index is -4.40. The quantitative estimate of drug-likeness (QED) is 0.461. The normalized spacial score (nSPS) is 13.4. The van der Waals surface area contributed by atoms with E-state index >= 15 is 0 Å². The second-order valence-corrected chi connectivity index (χ2v) is 8.25. The van der Waals surface area contributed by atoms with Crippen molar-refractivity contribution in [2.45, 2.75) is 45.4 Å². The summed E-state index contributed by atoms with van der Waals surface area (Å²) in [7, 11) is 0. The minimum Gasteiger partial charge on any atom is -0.375 e. The van der Waals surface area contributed by atoms with E-state index in [1.807, 2.05) is 38.1 Å². The second kappa shape index (κ2) is 9.79. The summed E-state index contributed by atoms with van der Waals surface area (Å²) in [4.78, 5) is 15.3. The molecule has 0 bridgehead atoms. The number of nitrogens with zero attached hydrogens (tertiary/aromatic N) is 1. The Balaban J connectivity index is 1.94. The van der Waals surface area contributed by atoms with Gasteiger partial charge in [-0.15, -0.1) is 0 Å². The standard InChI is InChI=1S/C27H28F3NO2/c1-4-26(33,22-8-6-5-7-9-22)25(32)31(24-15-10-19(2)20(3)18-24)17-16-21-11-13-23(14-12-21)27(28,29)30/h5-15,18,33H,4,16-17H2,1-3H3/t26-/m1/s1. The molecule has 1 N–H and O–H groups in total. The van der Waals surface area contributed by atoms with Gasteiger partial charge in [-0.1, -0.05) is 55.5 Å². The lowest BCUT2D eigenvalue weighted by Gasteiger charge is -2.33. The van der Waals surface area contributed by atoms with Gasteiger partial charge in [0.2, 0.25) is 0 Å². The summed E-state index contributed by atoms with van der Waals surface area (Å²) < 4.78 is 38.6. The Morgan fingerprint density at radius 3 is 2.06 bits per heavy atom. The van der Waals surface area contributed by atoms with Gasteiger partial charge in [0.1, 0.15) is 0 Å². The van der Waals surface area contributed by atoms with Crippen molar-refractivity contribution in [1.29, 1.82) is 0 Å². The van der Waals surface area contributed by atoms with E-state index in [0.29, 0.717) is 23.2 Å². The fourth-order valence-electron chi connectivity index (χ4n) is 3.76. The van der Waals surface area contributed by atoms with Crippen LogP contribution in [-0.4, -0.2) is 17.6 Å². The van der Waals surface area contributed by atoms with Crippen molar-refractivity contribution in [1.82, 2.24) is 0 Å². The van der Waals surface area contributed by atoms with Gasteiger partial charge in [0.15, 0.2) is 5.60 Å². The number of carbonyl (C=O) groups excluding carboxylic acids is 1. The van der Waals surface area contributed by atoms with Crippen molar-refractivity contribution in [2.75, 3.05) is 11.4 Å². The first-order chi connectivity index (χ1) is 15.6. The summed E-state index contributed by atoms with van der Waals surface area (Å²) in [6.45, 7) is 5.88. The smallest absolute Gasteiger partial charge is 0.375 e. The van der Waals surface area contributed by atoms with Gasteiger partial charge in [0.25, 0.3) is 5.91 Å². The predicted molar refractivity (Wildman–Crippen MR) is 124 cm³/mol. The molecule has 0 saturated carbocycles. The SMILES string of the molecule is CC[C@](O)(C(=O)N(CCc1ccc(C(F)(F)F)cc1)c1ccc(C)c(C)c1)c1ccccc1. The number of halogens is 3. The van der Waals surface area contributed by atoms with Crippen LogP contribution in [0.2, 0.25) is 0 Å². The lowest BCUT2D eigenvalue weighted by Crippen LogP contribution is -2.47. The zero-order valence-electron chi connectivity index (χ0n) is 19.0. The number of rotatable bonds is 7. The van der Waals surface area contributed by atoms with E-state index in [1.54, 1.807) is 31.2 Å². The molecule has 0 aromatic heterocycles. The van der Waals surface area contributed by atoms with Crippen molar-refractivity contribution in [3.63, 3.8) is 0 Å². The van der Waals surface area contributed by atoms with E-state index in [2.05, 4.69) is 0 Å². The van der Waals surface area contributed by atoms with Gasteiger partial charge in [-0.05, 0) is 73.2 Å². The molecule has 0 saturated heterocycles. The van der Waals surface area contributed by atoms with E-state index in [4.69, 9.17) is 0 Å². The number of anilines is 1. The maximum Gasteiger partial charge on any atom is 0.416 e. The van der Waals surface area contributed by atoms with Crippen LogP contribution in [0, 0.1) is 13.8 Å². The van der Waals surface area contributed by atoms with Crippen molar-refractivity contribution in [3.05, 3.63) is 101 Å². The van der Waals surface area contributed by atoms with E-state index in [-0.39, 0.29) is 13.0 Å². The molecule has 1 atom stereocenters. The van der Waals surface area contributed by atoms with E-state index in [0.717, 1.165) is 23.3 Å². The van der Waals surface area contributed by atoms with Crippen LogP contribution in [-0.2, 0) is 23.0 Å². The first-order valence-corrected chi connectivity index (χ1v) is 10.9. The number of aryl methyl sites for hydroxylation is 2. The number of aliphatic hydroxyl groups is 1. The van der Waals surface area contributed by atoms with E-state index < -0.39 is 23.2 Å². The second-order valence-electron chi connectivity index (χ2n) is 8.25. The fourth-order valence-corrected chi connectivity index (χ4v) is 3.76. The lowest BCUT2D eigenvalue weighted by molar-refractivity contribution is -0.138. The fraction of sp³-hybridized carbons (Fsp3) is 0.296. The van der Waals surface area contributed by atoms with Crippen LogP contribution in [0.5, 0.6) is 0 Å². The maximum atomic E-state index is 13.7. The third-order valence-corrected chi connectivity index (χ3v) is 6.07. The molecule has 0 aliphatic rings. The third-order valence-electron chi connectivity index (χ3n) is 6.07. The number of carbonyl (C=O) groups is 1. The number of benzene rings is 3. The van der Waals surface area contributed by atoms with Crippen LogP contribution in [0.25, 0.3) is 0 Å². The molecule has 6 heteroatoms. The highest BCUT2D eigenvalue weighted by Crippen LogP contribution is 2.32. The molecule has 3 aromatic rings. The van der Waals surface area contributed by atoms with Gasteiger partial charge >= 0.3 is 6.18 Å². The molecule has 0 spiro atoms. The third kappa shape index (κ3) is 5.45. The minimum absolute atomic E-state index is 0.178. The molecule has 174 valence electrons. The van der Waals surface area contributed by atoms with Crippen LogP contribution in [0.3, 0.4) is 0 Å². The summed E-state index contributed by atoms with van der Waals surface area (Å²) in [6, 6.07) is 19.4. The van der Waals surface area contributed by atoms with Crippen LogP contribution in [0.4, 0.5) is 18.9 Å². The number of amides is 1. The van der Waals surface area contributed by atoms with Gasteiger partial charge in [-0.25, -0.2) is 0 Å². The van der Waals surface area contributed by atoms with Crippen molar-refractivity contribution < 1.29 is 23.1 Å². The summed E-state index contributed by atoms with van der Waals surface area (Å²) in [5.74, 6) is -0.466. The summed E-state index contributed by atoms with van der Waals surface area (Å²) in [5.41, 5.74) is 1.45. The van der Waals surface area contributed by atoms with Gasteiger partial charge in [-0.2, -0.15) is 13.2 Å². The van der Waals surface area contributed by atoms with Gasteiger partial charge in [0.05, 0.1) is 5.56 Å². The lowest BCUT2D eigenvalue weighted by atomic mass is 9.89. The highest BCUT2D eigenvalue weighted by Gasteiger charge is 2.40. The molecule has 3 rings (SSSR count). The average molecular weight is 456 g/mol. The van der Waals surface area contributed by atoms with E-state index in [9.17, 15) is 23.1 Å². The molecule has 1 amide bonds. The molecule has 0 unspecified atom stereocenters. The Morgan fingerprint density at radius 1 is 0.879 bits per heavy atom. The molecule has 0 fully saturated rings. The highest BCUT2D eigenvalue weighted by molar-refractivity contribution is 6.00. The Bertz CT molecular complexity index is 1090. The van der Waals surface area contributed by atoms with Crippen LogP contribution >= 0.6 is 0 Å². The first-order valence-electron chi connectivity index (χ1n) is 10.9. The Kier molecular flexibility index (Phi) is 7.28. The molecule has 3 aromatic carbocycles. The molecule has 0 aliphatic heterocycles. The number of hydrogen-bond acceptors (Lipinski definition) is 2. The van der Waals surface area contributed by atoms with Crippen LogP contribution in [0.15, 0.2) is 72.8 Å². The molecular formula is C27H28F3NO2. The Hall–Kier alpha value is -3.12. The largest absolute Gasteiger partial charge is 0.416 e. The number of alkyl halides is 3. The topological polar surface area (TPSA) is 40.5 Å². The molecule has 3 nitrogen and oxygen atoms in total. The van der Waals surface area contributed by atoms with Gasteiger partial charge in [-0.3, -0.25) is 4.79 Å². The zero-order chi connectivity index (χ0) is 24.2. The molecular weight excluding hydrogens is 427 g/mol. The monoisotopic (exact) mass is 455 g/mol. The summed E-state index contributed by atoms with van der Waals surface area (Å²) in [5, 5.41) is 11.4.